The van der Waals surface area contributed by atoms with Crippen LogP contribution in [0.5, 0.6) is 0 Å². The molecule has 144 valence electrons. The van der Waals surface area contributed by atoms with Gasteiger partial charge in [0, 0.05) is 11.8 Å². The van der Waals surface area contributed by atoms with E-state index in [1.807, 2.05) is 0 Å². The topological polar surface area (TPSA) is 102 Å². The third-order valence-electron chi connectivity index (χ3n) is 4.51. The molecular weight excluding hydrogens is 375 g/mol. The average molecular weight is 394 g/mol. The molecule has 10 heteroatoms. The Morgan fingerprint density at radius 3 is 2.63 bits per heavy atom. The molecule has 0 amide bonds. The van der Waals surface area contributed by atoms with Crippen LogP contribution in [0.4, 0.5) is 10.3 Å². The van der Waals surface area contributed by atoms with Crippen LogP contribution in [0.15, 0.2) is 36.5 Å². The smallest absolute Gasteiger partial charge is 0.223 e. The molecule has 2 aliphatic rings. The molecule has 2 N–H and O–H groups in total. The summed E-state index contributed by atoms with van der Waals surface area (Å²) >= 11 is 0. The lowest BCUT2D eigenvalue weighted by molar-refractivity contribution is 0.0690. The van der Waals surface area contributed by atoms with Gasteiger partial charge in [0.25, 0.3) is 0 Å². The SMILES string of the molecule is CS(=O)(=O)N[C@@H]1CO[C@@H]2[C@@H]1OC[C@@H]2Nc1nccc(-c2cccc(F)c2)n1. The van der Waals surface area contributed by atoms with Crippen molar-refractivity contribution in [3.8, 4) is 11.3 Å². The maximum atomic E-state index is 13.4. The first kappa shape index (κ1) is 18.2. The largest absolute Gasteiger partial charge is 0.371 e. The number of fused-ring (bicyclic) bond motifs is 1. The molecule has 3 heterocycles. The van der Waals surface area contributed by atoms with Crippen LogP contribution in [-0.4, -0.2) is 62.1 Å². The lowest BCUT2D eigenvalue weighted by Crippen LogP contribution is -2.44. The van der Waals surface area contributed by atoms with Crippen molar-refractivity contribution in [2.75, 3.05) is 24.8 Å². The number of nitrogens with zero attached hydrogens (tertiary/aromatic N) is 2. The van der Waals surface area contributed by atoms with Crippen LogP contribution in [0.2, 0.25) is 0 Å². The molecule has 2 aliphatic heterocycles. The lowest BCUT2D eigenvalue weighted by Gasteiger charge is -2.18. The Labute approximate surface area is 156 Å². The van der Waals surface area contributed by atoms with E-state index in [1.54, 1.807) is 24.4 Å². The molecule has 2 fully saturated rings. The van der Waals surface area contributed by atoms with Gasteiger partial charge in [-0.15, -0.1) is 0 Å². The molecule has 0 radical (unpaired) electrons. The predicted octanol–water partition coefficient (Wildman–Crippen LogP) is 0.779. The van der Waals surface area contributed by atoms with Gasteiger partial charge in [0.1, 0.15) is 18.0 Å². The standard InChI is InChI=1S/C17H19FN4O4S/c1-27(23,24)22-14-9-26-15-13(8-25-16(14)15)21-17-19-6-5-12(20-17)10-3-2-4-11(18)7-10/h2-7,13-16,22H,8-9H2,1H3,(H,19,20,21)/t13-,14+,15-,16+/m0/s1. The van der Waals surface area contributed by atoms with E-state index in [0.717, 1.165) is 6.26 Å². The number of anilines is 1. The Balaban J connectivity index is 1.47. The summed E-state index contributed by atoms with van der Waals surface area (Å²) < 4.78 is 50.4. The Morgan fingerprint density at radius 1 is 1.15 bits per heavy atom. The maximum absolute atomic E-state index is 13.4. The Kier molecular flexibility index (Phi) is 4.81. The minimum atomic E-state index is -3.35. The summed E-state index contributed by atoms with van der Waals surface area (Å²) in [4.78, 5) is 8.63. The summed E-state index contributed by atoms with van der Waals surface area (Å²) in [6.45, 7) is 0.579. The van der Waals surface area contributed by atoms with E-state index in [9.17, 15) is 12.8 Å². The molecule has 0 bridgehead atoms. The number of benzene rings is 1. The number of halogens is 1. The van der Waals surface area contributed by atoms with Crippen LogP contribution in [0, 0.1) is 5.82 Å². The van der Waals surface area contributed by atoms with E-state index in [-0.39, 0.29) is 30.7 Å². The zero-order valence-electron chi connectivity index (χ0n) is 14.5. The first-order valence-electron chi connectivity index (χ1n) is 8.45. The predicted molar refractivity (Wildman–Crippen MR) is 96.1 cm³/mol. The van der Waals surface area contributed by atoms with Gasteiger partial charge in [0.2, 0.25) is 16.0 Å². The number of sulfonamides is 1. The summed E-state index contributed by atoms with van der Waals surface area (Å²) in [5, 5.41) is 3.18. The number of nitrogens with one attached hydrogen (secondary N) is 2. The maximum Gasteiger partial charge on any atom is 0.223 e. The van der Waals surface area contributed by atoms with Crippen LogP contribution in [0.25, 0.3) is 11.3 Å². The number of hydrogen-bond acceptors (Lipinski definition) is 7. The zero-order valence-corrected chi connectivity index (χ0v) is 15.3. The molecule has 0 spiro atoms. The van der Waals surface area contributed by atoms with Gasteiger partial charge in [0.15, 0.2) is 0 Å². The van der Waals surface area contributed by atoms with E-state index in [1.165, 1.54) is 12.1 Å². The number of ether oxygens (including phenoxy) is 2. The van der Waals surface area contributed by atoms with Crippen LogP contribution >= 0.6 is 0 Å². The molecule has 1 aromatic carbocycles. The van der Waals surface area contributed by atoms with E-state index in [2.05, 4.69) is 20.0 Å². The summed E-state index contributed by atoms with van der Waals surface area (Å²) in [7, 11) is -3.35. The van der Waals surface area contributed by atoms with Crippen LogP contribution < -0.4 is 10.0 Å². The second-order valence-electron chi connectivity index (χ2n) is 6.62. The van der Waals surface area contributed by atoms with Crippen molar-refractivity contribution >= 4 is 16.0 Å². The molecule has 4 rings (SSSR count). The highest BCUT2D eigenvalue weighted by atomic mass is 32.2. The van der Waals surface area contributed by atoms with Gasteiger partial charge >= 0.3 is 0 Å². The van der Waals surface area contributed by atoms with E-state index in [4.69, 9.17) is 9.47 Å². The molecular formula is C17H19FN4O4S. The van der Waals surface area contributed by atoms with Crippen molar-refractivity contribution in [2.45, 2.75) is 24.3 Å². The second kappa shape index (κ2) is 7.12. The summed E-state index contributed by atoms with van der Waals surface area (Å²) in [5.41, 5.74) is 1.24. The first-order valence-corrected chi connectivity index (χ1v) is 10.3. The van der Waals surface area contributed by atoms with E-state index < -0.39 is 16.1 Å². The Bertz CT molecular complexity index is 942. The average Bonchev–Trinajstić information content (AvgIpc) is 3.18. The summed E-state index contributed by atoms with van der Waals surface area (Å²) in [5.74, 6) is 0.0329. The lowest BCUT2D eigenvalue weighted by atomic mass is 10.1. The van der Waals surface area contributed by atoms with Crippen molar-refractivity contribution in [2.24, 2.45) is 0 Å². The van der Waals surface area contributed by atoms with Crippen molar-refractivity contribution in [1.29, 1.82) is 0 Å². The van der Waals surface area contributed by atoms with Gasteiger partial charge in [-0.2, -0.15) is 0 Å². The minimum absolute atomic E-state index is 0.218. The molecule has 0 aliphatic carbocycles. The van der Waals surface area contributed by atoms with Gasteiger partial charge in [-0.3, -0.25) is 0 Å². The number of rotatable bonds is 5. The molecule has 0 saturated carbocycles. The molecule has 2 saturated heterocycles. The Morgan fingerprint density at radius 2 is 1.89 bits per heavy atom. The molecule has 4 atom stereocenters. The van der Waals surface area contributed by atoms with Crippen LogP contribution in [-0.2, 0) is 19.5 Å². The quantitative estimate of drug-likeness (QED) is 0.773. The fraction of sp³-hybridized carbons (Fsp3) is 0.412. The molecule has 8 nitrogen and oxygen atoms in total. The van der Waals surface area contributed by atoms with Crippen molar-refractivity contribution < 1.29 is 22.3 Å². The van der Waals surface area contributed by atoms with E-state index >= 15 is 0 Å². The van der Waals surface area contributed by atoms with Gasteiger partial charge < -0.3 is 14.8 Å². The van der Waals surface area contributed by atoms with Gasteiger partial charge in [-0.25, -0.2) is 27.5 Å². The fourth-order valence-corrected chi connectivity index (χ4v) is 4.15. The highest BCUT2D eigenvalue weighted by Gasteiger charge is 2.48. The second-order valence-corrected chi connectivity index (χ2v) is 8.40. The van der Waals surface area contributed by atoms with Crippen LogP contribution in [0.3, 0.4) is 0 Å². The van der Waals surface area contributed by atoms with Gasteiger partial charge in [-0.1, -0.05) is 12.1 Å². The van der Waals surface area contributed by atoms with Crippen molar-refractivity contribution in [1.82, 2.24) is 14.7 Å². The highest BCUT2D eigenvalue weighted by Crippen LogP contribution is 2.29. The highest BCUT2D eigenvalue weighted by molar-refractivity contribution is 7.88. The summed E-state index contributed by atoms with van der Waals surface area (Å²) in [6.07, 6.45) is 2.01. The third kappa shape index (κ3) is 4.08. The van der Waals surface area contributed by atoms with Crippen molar-refractivity contribution in [3.63, 3.8) is 0 Å². The molecule has 2 aromatic rings. The monoisotopic (exact) mass is 394 g/mol. The fourth-order valence-electron chi connectivity index (χ4n) is 3.40. The third-order valence-corrected chi connectivity index (χ3v) is 5.24. The van der Waals surface area contributed by atoms with Crippen LogP contribution in [0.1, 0.15) is 0 Å². The number of hydrogen-bond donors (Lipinski definition) is 2. The van der Waals surface area contributed by atoms with Gasteiger partial charge in [0.05, 0.1) is 37.2 Å². The number of aromatic nitrogens is 2. The normalized spacial score (nSPS) is 27.5. The Hall–Kier alpha value is -2.14. The molecule has 1 aromatic heterocycles. The zero-order chi connectivity index (χ0) is 19.0. The first-order chi connectivity index (χ1) is 12.9. The molecule has 27 heavy (non-hydrogen) atoms. The minimum Gasteiger partial charge on any atom is -0.371 e. The van der Waals surface area contributed by atoms with Gasteiger partial charge in [-0.05, 0) is 18.2 Å². The molecule has 0 unspecified atom stereocenters. The summed E-state index contributed by atoms with van der Waals surface area (Å²) in [6, 6.07) is 7.23. The van der Waals surface area contributed by atoms with E-state index in [0.29, 0.717) is 23.8 Å². The van der Waals surface area contributed by atoms with Crippen molar-refractivity contribution in [3.05, 3.63) is 42.3 Å².